The van der Waals surface area contributed by atoms with Crippen LogP contribution in [0.5, 0.6) is 0 Å². The van der Waals surface area contributed by atoms with Crippen LogP contribution in [0.25, 0.3) is 0 Å². The van der Waals surface area contributed by atoms with Gasteiger partial charge in [-0.3, -0.25) is 10.1 Å². The van der Waals surface area contributed by atoms with Crippen LogP contribution in [-0.2, 0) is 6.42 Å². The van der Waals surface area contributed by atoms with Crippen molar-refractivity contribution in [2.24, 2.45) is 0 Å². The third-order valence-electron chi connectivity index (χ3n) is 2.76. The smallest absolute Gasteiger partial charge is 0.293 e. The van der Waals surface area contributed by atoms with E-state index in [9.17, 15) is 14.5 Å². The first-order valence-electron chi connectivity index (χ1n) is 5.88. The maximum atomic E-state index is 13.6. The molecule has 2 rings (SSSR count). The molecular weight excluding hydrogens is 394 g/mol. The minimum atomic E-state index is -0.499. The molecule has 0 aliphatic heterocycles. The molecule has 4 nitrogen and oxygen atoms in total. The quantitative estimate of drug-likeness (QED) is 0.454. The molecule has 1 heterocycles. The summed E-state index contributed by atoms with van der Waals surface area (Å²) in [6.07, 6.45) is 0.730. The summed E-state index contributed by atoms with van der Waals surface area (Å²) in [5.41, 5.74) is 1.27. The van der Waals surface area contributed by atoms with Crippen LogP contribution in [0.3, 0.4) is 0 Å². The predicted molar refractivity (Wildman–Crippen MR) is 86.9 cm³/mol. The van der Waals surface area contributed by atoms with E-state index in [2.05, 4.69) is 5.32 Å². The van der Waals surface area contributed by atoms with Crippen molar-refractivity contribution in [3.8, 4) is 0 Å². The number of halogens is 2. The highest BCUT2D eigenvalue weighted by Gasteiger charge is 2.19. The molecule has 0 bridgehead atoms. The van der Waals surface area contributed by atoms with Crippen molar-refractivity contribution in [1.29, 1.82) is 0 Å². The van der Waals surface area contributed by atoms with Gasteiger partial charge in [0.1, 0.15) is 11.5 Å². The average molecular weight is 406 g/mol. The molecule has 1 aromatic heterocycles. The first kappa shape index (κ1) is 15.2. The van der Waals surface area contributed by atoms with Gasteiger partial charge in [0.25, 0.3) is 5.69 Å². The summed E-state index contributed by atoms with van der Waals surface area (Å²) in [4.78, 5) is 10.5. The molecular formula is C13H12FIN2O2S. The Hall–Kier alpha value is -1.22. The van der Waals surface area contributed by atoms with E-state index in [1.54, 1.807) is 33.9 Å². The number of thiophene rings is 1. The zero-order valence-electron chi connectivity index (χ0n) is 10.6. The number of nitrogens with zero attached hydrogens (tertiary/aromatic N) is 1. The molecule has 0 amide bonds. The molecule has 0 saturated carbocycles. The summed E-state index contributed by atoms with van der Waals surface area (Å²) in [6.45, 7) is 1.91. The number of hydrogen-bond donors (Lipinski definition) is 1. The van der Waals surface area contributed by atoms with Gasteiger partial charge in [-0.15, -0.1) is 0 Å². The first-order chi connectivity index (χ1) is 9.47. The van der Waals surface area contributed by atoms with Crippen molar-refractivity contribution in [3.63, 3.8) is 0 Å². The first-order valence-corrected chi connectivity index (χ1v) is 7.90. The van der Waals surface area contributed by atoms with Crippen LogP contribution < -0.4 is 5.32 Å². The Morgan fingerprint density at radius 3 is 2.90 bits per heavy atom. The van der Waals surface area contributed by atoms with Gasteiger partial charge in [0.05, 0.1) is 8.49 Å². The molecule has 7 heteroatoms. The fourth-order valence-corrected chi connectivity index (χ4v) is 3.01. The summed E-state index contributed by atoms with van der Waals surface area (Å²) in [7, 11) is 0. The van der Waals surface area contributed by atoms with Crippen molar-refractivity contribution in [2.75, 3.05) is 5.32 Å². The van der Waals surface area contributed by atoms with Crippen LogP contribution in [0, 0.1) is 19.5 Å². The normalized spacial score (nSPS) is 12.2. The molecule has 0 aliphatic rings. The van der Waals surface area contributed by atoms with Gasteiger partial charge < -0.3 is 5.32 Å². The van der Waals surface area contributed by atoms with Gasteiger partial charge in [0.15, 0.2) is 0 Å². The lowest BCUT2D eigenvalue weighted by molar-refractivity contribution is -0.384. The van der Waals surface area contributed by atoms with E-state index in [1.807, 2.05) is 23.8 Å². The molecule has 0 aliphatic carbocycles. The Kier molecular flexibility index (Phi) is 4.92. The second-order valence-corrected chi connectivity index (χ2v) is 6.36. The average Bonchev–Trinajstić information content (AvgIpc) is 2.85. The Morgan fingerprint density at radius 2 is 2.30 bits per heavy atom. The van der Waals surface area contributed by atoms with Crippen molar-refractivity contribution >= 4 is 45.3 Å². The third-order valence-corrected chi connectivity index (χ3v) is 4.32. The van der Waals surface area contributed by atoms with Crippen LogP contribution in [0.4, 0.5) is 15.8 Å². The lowest BCUT2D eigenvalue weighted by Crippen LogP contribution is -2.18. The number of nitro groups is 1. The van der Waals surface area contributed by atoms with E-state index in [0.29, 0.717) is 0 Å². The fourth-order valence-electron chi connectivity index (χ4n) is 1.88. The van der Waals surface area contributed by atoms with E-state index in [-0.39, 0.29) is 21.0 Å². The summed E-state index contributed by atoms with van der Waals surface area (Å²) in [5, 5.41) is 18.1. The van der Waals surface area contributed by atoms with E-state index in [1.165, 1.54) is 12.1 Å². The molecule has 0 fully saturated rings. The minimum absolute atomic E-state index is 0.0252. The standard InChI is InChI=1S/C13H12FIN2O2S/c1-8(4-9-2-3-20-7-9)16-12-5-10(14)11(15)6-13(12)17(18)19/h2-3,5-8,16H,4H2,1H3. The highest BCUT2D eigenvalue weighted by atomic mass is 127. The number of hydrogen-bond acceptors (Lipinski definition) is 4. The highest BCUT2D eigenvalue weighted by molar-refractivity contribution is 14.1. The molecule has 2 aromatic rings. The molecule has 0 radical (unpaired) electrons. The van der Waals surface area contributed by atoms with Crippen LogP contribution in [0.15, 0.2) is 29.0 Å². The predicted octanol–water partition coefficient (Wildman–Crippen LogP) is 4.44. The summed E-state index contributed by atoms with van der Waals surface area (Å²) in [6, 6.07) is 4.41. The third kappa shape index (κ3) is 3.66. The SMILES string of the molecule is CC(Cc1ccsc1)Nc1cc(F)c(I)cc1[N+](=O)[O-]. The molecule has 1 atom stereocenters. The zero-order valence-corrected chi connectivity index (χ0v) is 13.6. The fraction of sp³-hybridized carbons (Fsp3) is 0.231. The zero-order chi connectivity index (χ0) is 14.7. The summed E-state index contributed by atoms with van der Waals surface area (Å²) < 4.78 is 13.8. The summed E-state index contributed by atoms with van der Waals surface area (Å²) in [5.74, 6) is -0.457. The molecule has 1 unspecified atom stereocenters. The van der Waals surface area contributed by atoms with Gasteiger partial charge >= 0.3 is 0 Å². The lowest BCUT2D eigenvalue weighted by atomic mass is 10.1. The van der Waals surface area contributed by atoms with Crippen molar-refractivity contribution in [2.45, 2.75) is 19.4 Å². The summed E-state index contributed by atoms with van der Waals surface area (Å²) >= 11 is 3.35. The van der Waals surface area contributed by atoms with E-state index in [4.69, 9.17) is 0 Å². The van der Waals surface area contributed by atoms with Crippen LogP contribution in [0.1, 0.15) is 12.5 Å². The van der Waals surface area contributed by atoms with E-state index in [0.717, 1.165) is 12.0 Å². The molecule has 1 aromatic carbocycles. The van der Waals surface area contributed by atoms with Crippen LogP contribution >= 0.6 is 33.9 Å². The molecule has 0 spiro atoms. The monoisotopic (exact) mass is 406 g/mol. The van der Waals surface area contributed by atoms with Gasteiger partial charge in [-0.1, -0.05) is 0 Å². The second-order valence-electron chi connectivity index (χ2n) is 4.42. The van der Waals surface area contributed by atoms with E-state index >= 15 is 0 Å². The number of rotatable bonds is 5. The number of benzene rings is 1. The van der Waals surface area contributed by atoms with Crippen LogP contribution in [-0.4, -0.2) is 11.0 Å². The van der Waals surface area contributed by atoms with Gasteiger partial charge in [-0.05, 0) is 58.3 Å². The highest BCUT2D eigenvalue weighted by Crippen LogP contribution is 2.29. The number of anilines is 1. The largest absolute Gasteiger partial charge is 0.377 e. The number of nitro benzene ring substituents is 1. The van der Waals surface area contributed by atoms with Gasteiger partial charge in [0.2, 0.25) is 0 Å². The molecule has 20 heavy (non-hydrogen) atoms. The van der Waals surface area contributed by atoms with Crippen molar-refractivity contribution < 1.29 is 9.31 Å². The van der Waals surface area contributed by atoms with Gasteiger partial charge in [-0.25, -0.2) is 4.39 Å². The molecule has 0 saturated heterocycles. The maximum Gasteiger partial charge on any atom is 0.293 e. The topological polar surface area (TPSA) is 55.2 Å². The molecule has 106 valence electrons. The van der Waals surface area contributed by atoms with Crippen LogP contribution in [0.2, 0.25) is 0 Å². The van der Waals surface area contributed by atoms with Gasteiger partial charge in [0, 0.05) is 18.2 Å². The van der Waals surface area contributed by atoms with Crippen molar-refractivity contribution in [3.05, 3.63) is 54.0 Å². The molecule has 1 N–H and O–H groups in total. The van der Waals surface area contributed by atoms with Crippen molar-refractivity contribution in [1.82, 2.24) is 0 Å². The van der Waals surface area contributed by atoms with Gasteiger partial charge in [-0.2, -0.15) is 11.3 Å². The Labute approximate surface area is 133 Å². The minimum Gasteiger partial charge on any atom is -0.377 e. The lowest BCUT2D eigenvalue weighted by Gasteiger charge is -2.15. The Morgan fingerprint density at radius 1 is 1.55 bits per heavy atom. The van der Waals surface area contributed by atoms with E-state index < -0.39 is 10.7 Å². The Bertz CT molecular complexity index is 619. The Balaban J connectivity index is 2.19. The maximum absolute atomic E-state index is 13.6. The number of nitrogens with one attached hydrogen (secondary N) is 1. The second kappa shape index (κ2) is 6.49.